The summed E-state index contributed by atoms with van der Waals surface area (Å²) in [6.45, 7) is 0. The SMILES string of the molecule is Fc1cc2c(cc1F)C1=Nc3c4cc(F)c(F)cc4c4n3B(Oc3c(F)c(F)c(F)c(F)c3F)n3c(c5cc(F)c(F)cc5c3=N4)=NC2=N1.Fc1cc2c(cc1F)C1=Nc3c4cc(F)c(F)cc4c4n3B(Oc3cccc5ccccc35)n3c(c5cc(F)c(F)cc5c3=N4)=NC2=N1. The van der Waals surface area contributed by atoms with Crippen LogP contribution in [0.5, 0.6) is 11.5 Å². The van der Waals surface area contributed by atoms with Crippen LogP contribution in [0.4, 0.5) is 97.9 Å². The Labute approximate surface area is 524 Å². The molecule has 0 saturated carbocycles. The molecule has 0 amide bonds. The van der Waals surface area contributed by atoms with Crippen LogP contribution < -0.4 is 31.3 Å². The third-order valence-electron chi connectivity index (χ3n) is 17.0. The Bertz CT molecular complexity index is 6390. The zero-order valence-electron chi connectivity index (χ0n) is 47.2. The van der Waals surface area contributed by atoms with E-state index in [-0.39, 0.29) is 99.6 Å². The first kappa shape index (κ1) is 57.5. The number of halogens is 17. The van der Waals surface area contributed by atoms with Gasteiger partial charge in [0.1, 0.15) is 51.0 Å². The molecule has 97 heavy (non-hydrogen) atoms. The average molecular weight is 1330 g/mol. The number of fused-ring (bicyclic) bond motifs is 21. The van der Waals surface area contributed by atoms with Crippen LogP contribution in [-0.4, -0.2) is 55.6 Å². The van der Waals surface area contributed by atoms with E-state index < -0.39 is 153 Å². The second-order valence-electron chi connectivity index (χ2n) is 22.4. The summed E-state index contributed by atoms with van der Waals surface area (Å²) in [5, 5.41) is 0.909. The van der Waals surface area contributed by atoms with Crippen LogP contribution in [0, 0.1) is 98.9 Å². The lowest BCUT2D eigenvalue weighted by Crippen LogP contribution is -2.52. The number of aromatic nitrogens is 4. The smallest absolute Gasteiger partial charge is 0.522 e. The first-order valence-electron chi connectivity index (χ1n) is 28.2. The second kappa shape index (κ2) is 19.9. The second-order valence-corrected chi connectivity index (χ2v) is 22.4. The summed E-state index contributed by atoms with van der Waals surface area (Å²) < 4.78 is 267. The maximum atomic E-state index is 15.1. The average Bonchev–Trinajstić information content (AvgIpc) is 1.46. The largest absolute Gasteiger partial charge is 0.633 e. The number of aliphatic imine (C=N–C) groups is 4. The maximum absolute atomic E-state index is 15.1. The molecule has 6 aliphatic rings. The van der Waals surface area contributed by atoms with Crippen molar-refractivity contribution < 1.29 is 83.9 Å². The fourth-order valence-electron chi connectivity index (χ4n) is 12.7. The first-order chi connectivity index (χ1) is 46.6. The molecule has 10 heterocycles. The molecule has 0 fully saturated rings. The van der Waals surface area contributed by atoms with Crippen LogP contribution in [0.2, 0.25) is 0 Å². The van der Waals surface area contributed by atoms with Crippen molar-refractivity contribution in [2.45, 2.75) is 0 Å². The Balaban J connectivity index is 0.000000141. The van der Waals surface area contributed by atoms with Gasteiger partial charge < -0.3 is 9.31 Å². The van der Waals surface area contributed by atoms with Gasteiger partial charge in [-0.2, -0.15) is 8.78 Å². The van der Waals surface area contributed by atoms with Crippen LogP contribution in [-0.2, 0) is 0 Å². The van der Waals surface area contributed by atoms with Gasteiger partial charge in [0.05, 0.1) is 0 Å². The van der Waals surface area contributed by atoms with Gasteiger partial charge in [0.15, 0.2) is 98.9 Å². The Kier molecular flexibility index (Phi) is 11.8. The van der Waals surface area contributed by atoms with Gasteiger partial charge in [-0.25, -0.2) is 106 Å². The summed E-state index contributed by atoms with van der Waals surface area (Å²) in [5.74, 6) is -30.9. The van der Waals surface area contributed by atoms with Crippen molar-refractivity contribution in [2.75, 3.05) is 0 Å². The zero-order chi connectivity index (χ0) is 67.0. The Morgan fingerprint density at radius 1 is 0.258 bits per heavy atom. The van der Waals surface area contributed by atoms with Gasteiger partial charge in [0, 0.05) is 70.7 Å². The van der Waals surface area contributed by atoms with Crippen LogP contribution >= 0.6 is 0 Å². The third-order valence-corrected chi connectivity index (χ3v) is 17.0. The van der Waals surface area contributed by atoms with Gasteiger partial charge in [-0.3, -0.25) is 17.9 Å². The zero-order valence-corrected chi connectivity index (χ0v) is 47.2. The highest BCUT2D eigenvalue weighted by atomic mass is 19.2. The lowest BCUT2D eigenvalue weighted by Gasteiger charge is -2.23. The fraction of sp³-hybridized carbons (Fsp3) is 0. The number of amidine groups is 4. The number of benzene rings is 9. The van der Waals surface area contributed by atoms with E-state index in [9.17, 15) is 65.9 Å². The fourth-order valence-corrected chi connectivity index (χ4v) is 12.7. The molecule has 14 nitrogen and oxygen atoms in total. The van der Waals surface area contributed by atoms with E-state index in [4.69, 9.17) is 24.3 Å². The molecule has 0 N–H and O–H groups in total. The molecule has 13 aromatic rings. The molecule has 0 unspecified atom stereocenters. The van der Waals surface area contributed by atoms with Gasteiger partial charge in [-0.15, -0.1) is 0 Å². The summed E-state index contributed by atoms with van der Waals surface area (Å²) in [7, 11) is -3.52. The Morgan fingerprint density at radius 3 is 0.948 bits per heavy atom. The molecular formula is C64H19B2F17N12O2. The highest BCUT2D eigenvalue weighted by molar-refractivity contribution is 6.53. The van der Waals surface area contributed by atoms with Crippen molar-refractivity contribution in [1.29, 1.82) is 0 Å². The van der Waals surface area contributed by atoms with E-state index in [1.165, 1.54) is 8.96 Å². The lowest BCUT2D eigenvalue weighted by atomic mass is 9.97. The summed E-state index contributed by atoms with van der Waals surface area (Å²) in [6, 6.07) is 22.5. The molecule has 0 radical (unpaired) electrons. The van der Waals surface area contributed by atoms with Gasteiger partial charge >= 0.3 is 14.4 Å². The molecule has 8 bridgehead atoms. The lowest BCUT2D eigenvalue weighted by molar-refractivity contribution is 0.344. The molecule has 0 atom stereocenters. The standard InChI is InChI=1S/C34H13BF6N6O.C30H6BF11N6O/c36-22-8-16-17(9-23(22)37)30-42-29(16)43-31-18-10-24(38)26(40)12-20(18)33-45-34-21-13-27(41)25(39)11-19(21)32(44-30)47(34)35(46(31)33)48-28-7-3-5-14-4-1-2-6-15(14)28;32-13-1-7-8(2-14(13)33)26-43-25(7)44-27-9-3-15(34)17(36)5-11(9)29-46-30-12-6-18(37)16(35)4-10(12)28(45-26)48(30)31(47(27)29)49-24-22(41)20(39)19(38)21(40)23(24)42/h1-13H;1-6H. The highest BCUT2D eigenvalue weighted by Crippen LogP contribution is 2.46. The minimum atomic E-state index is -2.51. The molecule has 19 rings (SSSR count). The molecule has 33 heteroatoms. The third kappa shape index (κ3) is 8.00. The number of hydrogen-bond acceptors (Lipinski definition) is 10. The van der Waals surface area contributed by atoms with Crippen molar-refractivity contribution in [3.05, 3.63) is 258 Å². The van der Waals surface area contributed by atoms with Crippen LogP contribution in [0.15, 0.2) is 155 Å². The van der Waals surface area contributed by atoms with E-state index in [0.717, 1.165) is 56.1 Å². The molecule has 4 aromatic heterocycles. The molecular weight excluding hydrogens is 1310 g/mol. The predicted molar refractivity (Wildman–Crippen MR) is 314 cm³/mol. The van der Waals surface area contributed by atoms with Crippen LogP contribution in [0.25, 0.3) is 53.9 Å². The molecule has 0 saturated heterocycles. The van der Waals surface area contributed by atoms with E-state index in [1.807, 2.05) is 30.3 Å². The topological polar surface area (TPSA) is 137 Å². The molecule has 9 aromatic carbocycles. The van der Waals surface area contributed by atoms with Gasteiger partial charge in [-0.1, -0.05) is 36.4 Å². The van der Waals surface area contributed by atoms with Crippen LogP contribution in [0.1, 0.15) is 22.3 Å². The number of hydrogen-bond donors (Lipinski definition) is 0. The first-order valence-corrected chi connectivity index (χ1v) is 28.2. The normalized spacial score (nSPS) is 14.2. The Morgan fingerprint density at radius 2 is 0.557 bits per heavy atom. The predicted octanol–water partition coefficient (Wildman–Crippen LogP) is 13.1. The summed E-state index contributed by atoms with van der Waals surface area (Å²) in [5.41, 5.74) is -1.09. The maximum Gasteiger partial charge on any atom is 0.633 e. The van der Waals surface area contributed by atoms with E-state index in [0.29, 0.717) is 42.1 Å². The number of nitrogens with zero attached hydrogens (tertiary/aromatic N) is 12. The van der Waals surface area contributed by atoms with Crippen molar-refractivity contribution in [3.63, 3.8) is 0 Å². The van der Waals surface area contributed by atoms with Crippen molar-refractivity contribution >= 4 is 115 Å². The van der Waals surface area contributed by atoms with E-state index >= 15 is 8.78 Å². The van der Waals surface area contributed by atoms with Crippen molar-refractivity contribution in [1.82, 2.24) is 17.9 Å². The summed E-state index contributed by atoms with van der Waals surface area (Å²) in [6.07, 6.45) is 0. The van der Waals surface area contributed by atoms with E-state index in [1.54, 1.807) is 12.1 Å². The van der Waals surface area contributed by atoms with Crippen LogP contribution in [0.3, 0.4) is 0 Å². The van der Waals surface area contributed by atoms with Crippen molar-refractivity contribution in [3.8, 4) is 11.5 Å². The molecule has 472 valence electrons. The quantitative estimate of drug-likeness (QED) is 0.0750. The van der Waals surface area contributed by atoms with Gasteiger partial charge in [0.2, 0.25) is 29.1 Å². The monoisotopic (exact) mass is 1330 g/mol. The van der Waals surface area contributed by atoms with Gasteiger partial charge in [0.25, 0.3) is 0 Å². The van der Waals surface area contributed by atoms with Gasteiger partial charge in [-0.05, 0) is 84.2 Å². The molecule has 6 aliphatic heterocycles. The molecule has 0 spiro atoms. The summed E-state index contributed by atoms with van der Waals surface area (Å²) in [4.78, 5) is 36.0. The highest BCUT2D eigenvalue weighted by Gasteiger charge is 2.45. The van der Waals surface area contributed by atoms with Crippen molar-refractivity contribution in [2.24, 2.45) is 39.9 Å². The minimum absolute atomic E-state index is 0.00260. The minimum Gasteiger partial charge on any atom is -0.522 e. The number of rotatable bonds is 4. The van der Waals surface area contributed by atoms with E-state index in [2.05, 4.69) is 25.0 Å². The molecule has 0 aliphatic carbocycles. The Hall–Kier alpha value is -12.2. The summed E-state index contributed by atoms with van der Waals surface area (Å²) >= 11 is 0.